The number of fused-ring (bicyclic) bond motifs is 1. The zero-order chi connectivity index (χ0) is 18.7. The first kappa shape index (κ1) is 18.2. The maximum atomic E-state index is 12.9. The third-order valence-electron chi connectivity index (χ3n) is 4.23. The molecule has 26 heavy (non-hydrogen) atoms. The third kappa shape index (κ3) is 3.81. The largest absolute Gasteiger partial charge is 0.284 e. The van der Waals surface area contributed by atoms with E-state index in [1.54, 1.807) is 10.6 Å². The van der Waals surface area contributed by atoms with Gasteiger partial charge in [-0.2, -0.15) is 5.26 Å². The highest BCUT2D eigenvalue weighted by atomic mass is 32.2. The van der Waals surface area contributed by atoms with Gasteiger partial charge in [0, 0.05) is 6.04 Å². The van der Waals surface area contributed by atoms with E-state index in [-0.39, 0.29) is 16.9 Å². The van der Waals surface area contributed by atoms with Crippen LogP contribution in [0.1, 0.15) is 31.0 Å². The van der Waals surface area contributed by atoms with Crippen molar-refractivity contribution in [3.8, 4) is 6.07 Å². The molecule has 0 spiro atoms. The molecule has 0 fully saturated rings. The van der Waals surface area contributed by atoms with Crippen LogP contribution in [-0.2, 0) is 6.42 Å². The molecule has 3 aromatic rings. The van der Waals surface area contributed by atoms with Crippen LogP contribution in [0.15, 0.2) is 58.5 Å². The number of hydrogen-bond donors (Lipinski definition) is 0. The molecule has 0 N–H and O–H groups in total. The van der Waals surface area contributed by atoms with Crippen molar-refractivity contribution in [2.24, 2.45) is 0 Å². The normalized spacial score (nSPS) is 12.3. The summed E-state index contributed by atoms with van der Waals surface area (Å²) >= 11 is 1.36. The van der Waals surface area contributed by atoms with Crippen LogP contribution in [0.2, 0.25) is 0 Å². The zero-order valence-corrected chi connectivity index (χ0v) is 16.0. The van der Waals surface area contributed by atoms with E-state index in [1.807, 2.05) is 63.2 Å². The SMILES string of the molecule is Cc1ccc(C[C@@H](C#N)Sc2nc3ccccc3c(=O)n2C(C)C)cc1. The second-order valence-corrected chi connectivity index (χ2v) is 7.78. The van der Waals surface area contributed by atoms with Gasteiger partial charge in [-0.25, -0.2) is 4.98 Å². The summed E-state index contributed by atoms with van der Waals surface area (Å²) in [4.78, 5) is 17.6. The number of aryl methyl sites for hydroxylation is 1. The monoisotopic (exact) mass is 363 g/mol. The van der Waals surface area contributed by atoms with Crippen molar-refractivity contribution in [1.29, 1.82) is 5.26 Å². The molecule has 3 rings (SSSR count). The van der Waals surface area contributed by atoms with Crippen LogP contribution in [0.5, 0.6) is 0 Å². The van der Waals surface area contributed by atoms with Gasteiger partial charge in [0.1, 0.15) is 5.25 Å². The van der Waals surface area contributed by atoms with Gasteiger partial charge >= 0.3 is 0 Å². The van der Waals surface area contributed by atoms with Crippen LogP contribution in [0.25, 0.3) is 10.9 Å². The molecule has 2 aromatic carbocycles. The number of hydrogen-bond acceptors (Lipinski definition) is 4. The highest BCUT2D eigenvalue weighted by molar-refractivity contribution is 8.00. The van der Waals surface area contributed by atoms with E-state index < -0.39 is 0 Å². The van der Waals surface area contributed by atoms with Gasteiger partial charge in [0.2, 0.25) is 0 Å². The van der Waals surface area contributed by atoms with Crippen molar-refractivity contribution in [1.82, 2.24) is 9.55 Å². The van der Waals surface area contributed by atoms with Gasteiger partial charge < -0.3 is 0 Å². The Balaban J connectivity index is 1.98. The minimum absolute atomic E-state index is 0.0270. The fourth-order valence-corrected chi connectivity index (χ4v) is 3.98. The van der Waals surface area contributed by atoms with Gasteiger partial charge in [-0.15, -0.1) is 0 Å². The molecular weight excluding hydrogens is 342 g/mol. The summed E-state index contributed by atoms with van der Waals surface area (Å²) in [6.45, 7) is 5.97. The summed E-state index contributed by atoms with van der Waals surface area (Å²) < 4.78 is 1.69. The molecular formula is C21H21N3OS. The Morgan fingerprint density at radius 3 is 2.50 bits per heavy atom. The van der Waals surface area contributed by atoms with E-state index >= 15 is 0 Å². The molecule has 4 nitrogen and oxygen atoms in total. The van der Waals surface area contributed by atoms with E-state index in [0.29, 0.717) is 22.5 Å². The average molecular weight is 363 g/mol. The van der Waals surface area contributed by atoms with E-state index in [2.05, 4.69) is 11.1 Å². The van der Waals surface area contributed by atoms with Crippen LogP contribution in [0.4, 0.5) is 0 Å². The molecule has 5 heteroatoms. The number of para-hydroxylation sites is 1. The molecule has 0 aliphatic heterocycles. The molecule has 1 atom stereocenters. The van der Waals surface area contributed by atoms with Crippen molar-refractivity contribution >= 4 is 22.7 Å². The van der Waals surface area contributed by atoms with E-state index in [4.69, 9.17) is 0 Å². The maximum absolute atomic E-state index is 12.9. The molecule has 0 aliphatic rings. The topological polar surface area (TPSA) is 58.7 Å². The summed E-state index contributed by atoms with van der Waals surface area (Å²) in [5.41, 5.74) is 2.91. The first-order valence-electron chi connectivity index (χ1n) is 8.62. The second-order valence-electron chi connectivity index (χ2n) is 6.61. The number of thioether (sulfide) groups is 1. The van der Waals surface area contributed by atoms with Crippen molar-refractivity contribution < 1.29 is 0 Å². The second kappa shape index (κ2) is 7.76. The van der Waals surface area contributed by atoms with Gasteiger partial charge in [-0.1, -0.05) is 53.7 Å². The number of nitriles is 1. The molecule has 0 radical (unpaired) electrons. The standard InChI is InChI=1S/C21H21N3OS/c1-14(2)24-20(25)18-6-4-5-7-19(18)23-21(24)26-17(13-22)12-16-10-8-15(3)9-11-16/h4-11,14,17H,12H2,1-3H3/t17-/m0/s1. The number of benzene rings is 2. The Morgan fingerprint density at radius 1 is 1.15 bits per heavy atom. The van der Waals surface area contributed by atoms with Crippen LogP contribution >= 0.6 is 11.8 Å². The quantitative estimate of drug-likeness (QED) is 0.494. The highest BCUT2D eigenvalue weighted by Gasteiger charge is 2.18. The summed E-state index contributed by atoms with van der Waals surface area (Å²) in [5.74, 6) is 0. The third-order valence-corrected chi connectivity index (χ3v) is 5.28. The van der Waals surface area contributed by atoms with E-state index in [9.17, 15) is 10.1 Å². The minimum Gasteiger partial charge on any atom is -0.284 e. The average Bonchev–Trinajstić information content (AvgIpc) is 2.62. The molecule has 0 aliphatic carbocycles. The smallest absolute Gasteiger partial charge is 0.262 e. The molecule has 1 aromatic heterocycles. The minimum atomic E-state index is -0.309. The molecule has 0 amide bonds. The van der Waals surface area contributed by atoms with Crippen molar-refractivity contribution in [2.75, 3.05) is 0 Å². The van der Waals surface area contributed by atoms with Gasteiger partial charge in [0.15, 0.2) is 5.16 Å². The number of rotatable bonds is 5. The van der Waals surface area contributed by atoms with Gasteiger partial charge in [-0.05, 0) is 44.9 Å². The van der Waals surface area contributed by atoms with Gasteiger partial charge in [0.25, 0.3) is 5.56 Å². The van der Waals surface area contributed by atoms with Crippen LogP contribution in [-0.4, -0.2) is 14.8 Å². The van der Waals surface area contributed by atoms with E-state index in [1.165, 1.54) is 17.3 Å². The van der Waals surface area contributed by atoms with Crippen LogP contribution < -0.4 is 5.56 Å². The van der Waals surface area contributed by atoms with Crippen molar-refractivity contribution in [2.45, 2.75) is 43.6 Å². The fraction of sp³-hybridized carbons (Fsp3) is 0.286. The predicted molar refractivity (Wildman–Crippen MR) is 107 cm³/mol. The Morgan fingerprint density at radius 2 is 1.85 bits per heavy atom. The van der Waals surface area contributed by atoms with Gasteiger partial charge in [0.05, 0.1) is 17.0 Å². The Labute approximate surface area is 157 Å². The lowest BCUT2D eigenvalue weighted by Gasteiger charge is -2.18. The molecule has 0 bridgehead atoms. The summed E-state index contributed by atoms with van der Waals surface area (Å²) in [5, 5.41) is 10.5. The Bertz CT molecular complexity index is 1020. The lowest BCUT2D eigenvalue weighted by Crippen LogP contribution is -2.25. The lowest BCUT2D eigenvalue weighted by atomic mass is 10.1. The molecule has 0 saturated heterocycles. The number of aromatic nitrogens is 2. The first-order valence-corrected chi connectivity index (χ1v) is 9.50. The highest BCUT2D eigenvalue weighted by Crippen LogP contribution is 2.26. The van der Waals surface area contributed by atoms with Gasteiger partial charge in [-0.3, -0.25) is 9.36 Å². The summed E-state index contributed by atoms with van der Waals surface area (Å²) in [6.07, 6.45) is 0.613. The maximum Gasteiger partial charge on any atom is 0.262 e. The van der Waals surface area contributed by atoms with Crippen LogP contribution in [0, 0.1) is 18.3 Å². The summed E-state index contributed by atoms with van der Waals surface area (Å²) in [7, 11) is 0. The predicted octanol–water partition coefficient (Wildman–Crippen LogP) is 4.51. The molecule has 132 valence electrons. The fourth-order valence-electron chi connectivity index (χ4n) is 2.84. The summed E-state index contributed by atoms with van der Waals surface area (Å²) in [6, 6.07) is 17.9. The van der Waals surface area contributed by atoms with Crippen molar-refractivity contribution in [3.05, 3.63) is 70.0 Å². The number of nitrogens with zero attached hydrogens (tertiary/aromatic N) is 3. The Kier molecular flexibility index (Phi) is 5.43. The molecule has 1 heterocycles. The molecule has 0 saturated carbocycles. The molecule has 0 unspecified atom stereocenters. The van der Waals surface area contributed by atoms with Crippen molar-refractivity contribution in [3.63, 3.8) is 0 Å². The zero-order valence-electron chi connectivity index (χ0n) is 15.1. The Hall–Kier alpha value is -2.58. The lowest BCUT2D eigenvalue weighted by molar-refractivity contribution is 0.518. The van der Waals surface area contributed by atoms with Crippen LogP contribution in [0.3, 0.4) is 0 Å². The van der Waals surface area contributed by atoms with E-state index in [0.717, 1.165) is 5.56 Å². The first-order chi connectivity index (χ1) is 12.5.